The van der Waals surface area contributed by atoms with Crippen molar-refractivity contribution in [3.63, 3.8) is 0 Å². The van der Waals surface area contributed by atoms with Gasteiger partial charge >= 0.3 is 0 Å². The Morgan fingerprint density at radius 1 is 1.24 bits per heavy atom. The van der Waals surface area contributed by atoms with Crippen LogP contribution in [0.1, 0.15) is 23.1 Å². The lowest BCUT2D eigenvalue weighted by atomic mass is 10.00. The van der Waals surface area contributed by atoms with E-state index in [0.717, 1.165) is 35.9 Å². The molecule has 0 spiro atoms. The van der Waals surface area contributed by atoms with Crippen LogP contribution in [0.3, 0.4) is 0 Å². The molecule has 1 atom stereocenters. The number of halogens is 1. The summed E-state index contributed by atoms with van der Waals surface area (Å²) in [4.78, 5) is 18.4. The highest BCUT2D eigenvalue weighted by molar-refractivity contribution is 5.54. The van der Waals surface area contributed by atoms with E-state index < -0.39 is 0 Å². The first-order valence-electron chi connectivity index (χ1n) is 8.00. The number of aromatic amines is 1. The minimum Gasteiger partial charge on any atom is -0.348 e. The van der Waals surface area contributed by atoms with E-state index >= 15 is 0 Å². The van der Waals surface area contributed by atoms with Gasteiger partial charge in [-0.3, -0.25) is 4.98 Å². The molecule has 1 aliphatic heterocycles. The fourth-order valence-corrected chi connectivity index (χ4v) is 3.40. The van der Waals surface area contributed by atoms with E-state index in [1.807, 2.05) is 0 Å². The number of hydrogen-bond acceptors (Lipinski definition) is 5. The molecule has 0 aliphatic carbocycles. The van der Waals surface area contributed by atoms with Crippen molar-refractivity contribution in [2.75, 3.05) is 11.4 Å². The average Bonchev–Trinajstić information content (AvgIpc) is 3.29. The first kappa shape index (κ1) is 14.1. The lowest BCUT2D eigenvalue weighted by molar-refractivity contribution is 0.608. The molecule has 0 fully saturated rings. The number of imidazole rings is 1. The van der Waals surface area contributed by atoms with Crippen LogP contribution in [0, 0.1) is 5.82 Å². The van der Waals surface area contributed by atoms with Crippen molar-refractivity contribution >= 4 is 11.3 Å². The lowest BCUT2D eigenvalue weighted by Gasteiger charge is -2.34. The van der Waals surface area contributed by atoms with E-state index in [4.69, 9.17) is 0 Å². The third-order valence-corrected chi connectivity index (χ3v) is 4.52. The van der Waals surface area contributed by atoms with Crippen molar-refractivity contribution < 1.29 is 4.39 Å². The van der Waals surface area contributed by atoms with Gasteiger partial charge < -0.3 is 9.88 Å². The molecule has 1 aliphatic rings. The number of pyridine rings is 1. The minimum atomic E-state index is -0.301. The van der Waals surface area contributed by atoms with Crippen LogP contribution in [0.4, 0.5) is 10.2 Å². The molecule has 124 valence electrons. The van der Waals surface area contributed by atoms with Gasteiger partial charge in [-0.1, -0.05) is 0 Å². The van der Waals surface area contributed by atoms with Crippen molar-refractivity contribution in [1.29, 1.82) is 0 Å². The van der Waals surface area contributed by atoms with Crippen LogP contribution in [-0.2, 0) is 6.42 Å². The van der Waals surface area contributed by atoms with Gasteiger partial charge in [-0.15, -0.1) is 0 Å². The van der Waals surface area contributed by atoms with Gasteiger partial charge in [-0.2, -0.15) is 5.10 Å². The summed E-state index contributed by atoms with van der Waals surface area (Å²) >= 11 is 0. The molecule has 7 nitrogen and oxygen atoms in total. The summed E-state index contributed by atoms with van der Waals surface area (Å²) in [6, 6.07) is 4.60. The Hall–Kier alpha value is -3.29. The van der Waals surface area contributed by atoms with Crippen molar-refractivity contribution in [3.05, 3.63) is 72.2 Å². The van der Waals surface area contributed by atoms with Crippen LogP contribution in [0.5, 0.6) is 0 Å². The fraction of sp³-hybridized carbons (Fsp3) is 0.176. The monoisotopic (exact) mass is 335 g/mol. The van der Waals surface area contributed by atoms with Gasteiger partial charge in [0.15, 0.2) is 0 Å². The van der Waals surface area contributed by atoms with Crippen molar-refractivity contribution in [3.8, 4) is 0 Å². The van der Waals surface area contributed by atoms with Crippen molar-refractivity contribution in [1.82, 2.24) is 29.5 Å². The topological polar surface area (TPSA) is 75.0 Å². The Morgan fingerprint density at radius 2 is 2.20 bits per heavy atom. The summed E-state index contributed by atoms with van der Waals surface area (Å²) in [5, 5.41) is 4.58. The molecular weight excluding hydrogens is 321 g/mol. The summed E-state index contributed by atoms with van der Waals surface area (Å²) in [6.45, 7) is 0.745. The summed E-state index contributed by atoms with van der Waals surface area (Å²) < 4.78 is 15.7. The van der Waals surface area contributed by atoms with Crippen LogP contribution in [0.2, 0.25) is 0 Å². The quantitative estimate of drug-likeness (QED) is 0.607. The molecule has 25 heavy (non-hydrogen) atoms. The molecule has 0 saturated heterocycles. The van der Waals surface area contributed by atoms with Crippen LogP contribution in [-0.4, -0.2) is 36.1 Å². The molecule has 0 aromatic carbocycles. The van der Waals surface area contributed by atoms with E-state index in [1.54, 1.807) is 47.8 Å². The van der Waals surface area contributed by atoms with E-state index in [2.05, 4.69) is 29.9 Å². The van der Waals surface area contributed by atoms with Gasteiger partial charge in [-0.25, -0.2) is 18.9 Å². The molecule has 8 heteroatoms. The molecule has 0 radical (unpaired) electrons. The smallest absolute Gasteiger partial charge is 0.148 e. The zero-order valence-electron chi connectivity index (χ0n) is 13.2. The molecule has 4 aromatic rings. The van der Waals surface area contributed by atoms with Crippen LogP contribution >= 0.6 is 0 Å². The molecule has 4 aromatic heterocycles. The number of hydrogen-bond donors (Lipinski definition) is 1. The van der Waals surface area contributed by atoms with E-state index in [1.165, 1.54) is 6.07 Å². The van der Waals surface area contributed by atoms with Crippen molar-refractivity contribution in [2.45, 2.75) is 12.5 Å². The zero-order chi connectivity index (χ0) is 16.8. The van der Waals surface area contributed by atoms with Gasteiger partial charge in [0.1, 0.15) is 23.2 Å². The number of fused-ring (bicyclic) bond motifs is 2. The van der Waals surface area contributed by atoms with Crippen molar-refractivity contribution in [2.24, 2.45) is 0 Å². The van der Waals surface area contributed by atoms with Crippen LogP contribution < -0.4 is 4.90 Å². The third kappa shape index (κ3) is 2.18. The Labute approximate surface area is 142 Å². The molecule has 0 unspecified atom stereocenters. The normalized spacial score (nSPS) is 17.0. The number of aromatic nitrogens is 6. The summed E-state index contributed by atoms with van der Waals surface area (Å²) in [6.07, 6.45) is 9.28. The van der Waals surface area contributed by atoms with Gasteiger partial charge in [0, 0.05) is 37.3 Å². The SMILES string of the molecule is Fc1cccn2nc([C@@H]3c4nc[nH]c4CCN3c3cnccn3)cc12. The number of nitrogens with zero attached hydrogens (tertiary/aromatic N) is 6. The molecule has 0 bridgehead atoms. The fourth-order valence-electron chi connectivity index (χ4n) is 3.40. The van der Waals surface area contributed by atoms with Gasteiger partial charge in [0.2, 0.25) is 0 Å². The first-order valence-corrected chi connectivity index (χ1v) is 8.00. The Bertz CT molecular complexity index is 1040. The summed E-state index contributed by atoms with van der Waals surface area (Å²) in [5.41, 5.74) is 3.13. The van der Waals surface area contributed by atoms with Gasteiger partial charge in [-0.05, 0) is 18.2 Å². The second-order valence-corrected chi connectivity index (χ2v) is 5.93. The summed E-state index contributed by atoms with van der Waals surface area (Å²) in [5.74, 6) is 0.448. The predicted octanol–water partition coefficient (Wildman–Crippen LogP) is 2.14. The lowest BCUT2D eigenvalue weighted by Crippen LogP contribution is -2.37. The number of anilines is 1. The van der Waals surface area contributed by atoms with Crippen LogP contribution in [0.25, 0.3) is 5.52 Å². The molecule has 0 amide bonds. The second-order valence-electron chi connectivity index (χ2n) is 5.93. The molecule has 1 N–H and O–H groups in total. The zero-order valence-corrected chi connectivity index (χ0v) is 13.2. The molecule has 5 heterocycles. The maximum Gasteiger partial charge on any atom is 0.148 e. The molecule has 5 rings (SSSR count). The standard InChI is InChI=1S/C17H14FN7/c18-11-2-1-6-25-14(11)8-13(23-25)17-16-12(21-10-22-16)3-7-24(17)15-9-19-4-5-20-15/h1-2,4-6,8-10,17H,3,7H2,(H,21,22)/t17-/m1/s1. The second kappa shape index (κ2) is 5.37. The van der Waals surface area contributed by atoms with E-state index in [-0.39, 0.29) is 11.9 Å². The highest BCUT2D eigenvalue weighted by Crippen LogP contribution is 2.35. The average molecular weight is 335 g/mol. The Morgan fingerprint density at radius 3 is 3.04 bits per heavy atom. The highest BCUT2D eigenvalue weighted by Gasteiger charge is 2.34. The number of rotatable bonds is 2. The van der Waals surface area contributed by atoms with E-state index in [9.17, 15) is 4.39 Å². The Kier molecular flexibility index (Phi) is 3.03. The number of H-pyrrole nitrogens is 1. The molecular formula is C17H14FN7. The summed E-state index contributed by atoms with van der Waals surface area (Å²) in [7, 11) is 0. The third-order valence-electron chi connectivity index (χ3n) is 4.52. The number of nitrogens with one attached hydrogen (secondary N) is 1. The van der Waals surface area contributed by atoms with Gasteiger partial charge in [0.25, 0.3) is 0 Å². The van der Waals surface area contributed by atoms with E-state index in [0.29, 0.717) is 5.52 Å². The largest absolute Gasteiger partial charge is 0.348 e. The predicted molar refractivity (Wildman–Crippen MR) is 88.7 cm³/mol. The highest BCUT2D eigenvalue weighted by atomic mass is 19.1. The first-order chi connectivity index (χ1) is 12.3. The Balaban J connectivity index is 1.70. The van der Waals surface area contributed by atoms with Gasteiger partial charge in [0.05, 0.1) is 23.9 Å². The van der Waals surface area contributed by atoms with Crippen LogP contribution in [0.15, 0.2) is 49.3 Å². The maximum absolute atomic E-state index is 14.1. The minimum absolute atomic E-state index is 0.244. The molecule has 0 saturated carbocycles. The maximum atomic E-state index is 14.1.